The van der Waals surface area contributed by atoms with Crippen molar-refractivity contribution < 1.29 is 0 Å². The Labute approximate surface area is 555 Å². The van der Waals surface area contributed by atoms with E-state index in [-0.39, 0.29) is 17.5 Å². The summed E-state index contributed by atoms with van der Waals surface area (Å²) in [5, 5.41) is 2.50. The SMILES string of the molecule is Cc1ccc(-c2ccc3c(c2)N(c2c(-c4ccccc4)cccc2-c2ccccc2)c2cc(-n4c5ccc(C(C)(C)C)cc5c5cc(C(C)(C)C)ccc54)cc4c2B3c2ccc(-c3ccc(C)cc3C)cc2N4c2c(-c3ccccc3)cccc2-c2ccccc2)c(C)c1. The molecule has 0 saturated carbocycles. The third-order valence-electron chi connectivity index (χ3n) is 20.1. The van der Waals surface area contributed by atoms with Crippen LogP contribution in [0.2, 0.25) is 0 Å². The Hall–Kier alpha value is -10.7. The van der Waals surface area contributed by atoms with Gasteiger partial charge in [0.15, 0.2) is 0 Å². The number of rotatable bonds is 9. The van der Waals surface area contributed by atoms with Gasteiger partial charge in [0.25, 0.3) is 6.71 Å². The maximum atomic E-state index is 2.70. The lowest BCUT2D eigenvalue weighted by Gasteiger charge is -2.46. The molecule has 4 heteroatoms. The molecule has 0 aliphatic carbocycles. The summed E-state index contributed by atoms with van der Waals surface area (Å²) in [5.41, 5.74) is 35.4. The van der Waals surface area contributed by atoms with Gasteiger partial charge in [-0.3, -0.25) is 0 Å². The second-order valence-electron chi connectivity index (χ2n) is 28.4. The Morgan fingerprint density at radius 3 is 0.989 bits per heavy atom. The lowest BCUT2D eigenvalue weighted by Crippen LogP contribution is -2.61. The average Bonchev–Trinajstić information content (AvgIpc) is 0.847. The first-order chi connectivity index (χ1) is 45.6. The summed E-state index contributed by atoms with van der Waals surface area (Å²) in [7, 11) is 0. The monoisotopic (exact) mass is 1210 g/mol. The van der Waals surface area contributed by atoms with Gasteiger partial charge < -0.3 is 14.4 Å². The standard InChI is InChI=1S/C90H76BN3/c1-57-37-43-70(59(3)49-57)65-39-45-78-82(51-65)93(87-72(61-25-15-11-16-26-61)33-23-34-73(87)62-27-17-12-18-28-62)84-55-69(92-80-47-41-67(89(5,6)7)53-76(80)77-54-68(90(8,9)10)42-48-81(77)92)56-85-86(84)91(78)79-46-40-66(71-44-38-58(2)50-60(71)4)52-83(79)94(85)88-74(63-29-19-13-20-30-63)35-24-36-75(88)64-31-21-14-22-32-64/h11-56H,1-10H3. The number of anilines is 6. The first kappa shape index (κ1) is 58.4. The summed E-state index contributed by atoms with van der Waals surface area (Å²) >= 11 is 0. The van der Waals surface area contributed by atoms with E-state index in [1.807, 2.05) is 0 Å². The summed E-state index contributed by atoms with van der Waals surface area (Å²) in [4.78, 5) is 5.40. The van der Waals surface area contributed by atoms with E-state index >= 15 is 0 Å². The van der Waals surface area contributed by atoms with Crippen molar-refractivity contribution >= 4 is 79.0 Å². The van der Waals surface area contributed by atoms with Gasteiger partial charge >= 0.3 is 0 Å². The van der Waals surface area contributed by atoms with Crippen molar-refractivity contribution in [2.24, 2.45) is 0 Å². The summed E-state index contributed by atoms with van der Waals surface area (Å²) < 4.78 is 2.59. The van der Waals surface area contributed by atoms with Crippen molar-refractivity contribution in [2.75, 3.05) is 9.80 Å². The molecule has 16 rings (SSSR count). The van der Waals surface area contributed by atoms with Crippen molar-refractivity contribution in [3.05, 3.63) is 312 Å². The molecular formula is C90H76BN3. The predicted molar refractivity (Wildman–Crippen MR) is 404 cm³/mol. The molecule has 0 saturated heterocycles. The molecule has 3 nitrogen and oxygen atoms in total. The molecule has 0 amide bonds. The number of para-hydroxylation sites is 2. The zero-order chi connectivity index (χ0) is 64.3. The lowest BCUT2D eigenvalue weighted by molar-refractivity contribution is 0.590. The number of hydrogen-bond donors (Lipinski definition) is 0. The quantitative estimate of drug-likeness (QED) is 0.133. The Morgan fingerprint density at radius 2 is 0.649 bits per heavy atom. The summed E-state index contributed by atoms with van der Waals surface area (Å²) in [6.07, 6.45) is 0. The fourth-order valence-corrected chi connectivity index (χ4v) is 15.4. The van der Waals surface area contributed by atoms with Gasteiger partial charge in [0.05, 0.1) is 28.1 Å². The Bertz CT molecular complexity index is 4880. The van der Waals surface area contributed by atoms with Gasteiger partial charge in [-0.2, -0.15) is 0 Å². The Balaban J connectivity index is 1.13. The zero-order valence-corrected chi connectivity index (χ0v) is 55.5. The van der Waals surface area contributed by atoms with Gasteiger partial charge in [0.2, 0.25) is 0 Å². The van der Waals surface area contributed by atoms with Crippen LogP contribution in [0, 0.1) is 27.7 Å². The van der Waals surface area contributed by atoms with Crippen LogP contribution < -0.4 is 26.2 Å². The fraction of sp³-hybridized carbons (Fsp3) is 0.133. The Kier molecular flexibility index (Phi) is 14.0. The van der Waals surface area contributed by atoms with E-state index in [2.05, 4.69) is 363 Å². The molecule has 14 aromatic rings. The number of benzene rings is 13. The van der Waals surface area contributed by atoms with Crippen LogP contribution in [-0.4, -0.2) is 11.3 Å². The van der Waals surface area contributed by atoms with Crippen LogP contribution in [0.5, 0.6) is 0 Å². The number of hydrogen-bond acceptors (Lipinski definition) is 2. The van der Waals surface area contributed by atoms with E-state index in [4.69, 9.17) is 0 Å². The fourth-order valence-electron chi connectivity index (χ4n) is 15.4. The van der Waals surface area contributed by atoms with Gasteiger partial charge in [0.1, 0.15) is 0 Å². The van der Waals surface area contributed by atoms with Crippen LogP contribution in [0.4, 0.5) is 34.1 Å². The molecule has 0 fully saturated rings. The second-order valence-corrected chi connectivity index (χ2v) is 28.4. The van der Waals surface area contributed by atoms with Crippen LogP contribution in [-0.2, 0) is 10.8 Å². The maximum absolute atomic E-state index is 2.70. The van der Waals surface area contributed by atoms with Crippen molar-refractivity contribution in [2.45, 2.75) is 80.1 Å². The topological polar surface area (TPSA) is 11.4 Å². The molecule has 0 bridgehead atoms. The number of fused-ring (bicyclic) bond motifs is 7. The maximum Gasteiger partial charge on any atom is 0.252 e. The van der Waals surface area contributed by atoms with Crippen LogP contribution >= 0.6 is 0 Å². The van der Waals surface area contributed by atoms with E-state index in [1.165, 1.54) is 93.8 Å². The average molecular weight is 1210 g/mol. The van der Waals surface area contributed by atoms with E-state index in [9.17, 15) is 0 Å². The van der Waals surface area contributed by atoms with Crippen molar-refractivity contribution in [1.29, 1.82) is 0 Å². The van der Waals surface area contributed by atoms with Crippen LogP contribution in [0.15, 0.2) is 279 Å². The highest BCUT2D eigenvalue weighted by Crippen LogP contribution is 2.54. The van der Waals surface area contributed by atoms with E-state index in [0.29, 0.717) is 0 Å². The summed E-state index contributed by atoms with van der Waals surface area (Å²) in [5.74, 6) is 0. The van der Waals surface area contributed by atoms with Gasteiger partial charge in [-0.25, -0.2) is 0 Å². The molecule has 0 spiro atoms. The number of aryl methyl sites for hydroxylation is 4. The van der Waals surface area contributed by atoms with Crippen molar-refractivity contribution in [3.8, 4) is 72.4 Å². The molecule has 0 N–H and O–H groups in total. The highest BCUT2D eigenvalue weighted by atomic mass is 15.2. The van der Waals surface area contributed by atoms with E-state index < -0.39 is 0 Å². The normalized spacial score (nSPS) is 12.7. The van der Waals surface area contributed by atoms with Crippen molar-refractivity contribution in [1.82, 2.24) is 4.57 Å². The van der Waals surface area contributed by atoms with E-state index in [0.717, 1.165) is 84.3 Å². The Morgan fingerprint density at radius 1 is 0.287 bits per heavy atom. The molecule has 0 unspecified atom stereocenters. The predicted octanol–water partition coefficient (Wildman–Crippen LogP) is 22.7. The minimum Gasteiger partial charge on any atom is -0.310 e. The van der Waals surface area contributed by atoms with Crippen LogP contribution in [0.3, 0.4) is 0 Å². The minimum atomic E-state index is -0.201. The number of aromatic nitrogens is 1. The molecule has 94 heavy (non-hydrogen) atoms. The first-order valence-electron chi connectivity index (χ1n) is 33.3. The van der Waals surface area contributed by atoms with Crippen molar-refractivity contribution in [3.63, 3.8) is 0 Å². The summed E-state index contributed by atoms with van der Waals surface area (Å²) in [6.45, 7) is 22.7. The smallest absolute Gasteiger partial charge is 0.252 e. The molecule has 1 aromatic heterocycles. The van der Waals surface area contributed by atoms with Gasteiger partial charge in [-0.1, -0.05) is 283 Å². The number of nitrogens with zero attached hydrogens (tertiary/aromatic N) is 3. The van der Waals surface area contributed by atoms with Gasteiger partial charge in [0, 0.05) is 55.8 Å². The van der Waals surface area contributed by atoms with E-state index in [1.54, 1.807) is 0 Å². The molecule has 2 aliphatic heterocycles. The molecule has 2 aliphatic rings. The molecule has 454 valence electrons. The van der Waals surface area contributed by atoms with Gasteiger partial charge in [-0.05, 0) is 170 Å². The summed E-state index contributed by atoms with van der Waals surface area (Å²) in [6, 6.07) is 106. The molecule has 0 radical (unpaired) electrons. The van der Waals surface area contributed by atoms with Crippen LogP contribution in [0.1, 0.15) is 74.9 Å². The third-order valence-corrected chi connectivity index (χ3v) is 20.1. The molecule has 13 aromatic carbocycles. The molecule has 3 heterocycles. The zero-order valence-electron chi connectivity index (χ0n) is 55.5. The third kappa shape index (κ3) is 9.81. The lowest BCUT2D eigenvalue weighted by atomic mass is 9.33. The minimum absolute atomic E-state index is 0.0752. The largest absolute Gasteiger partial charge is 0.310 e. The molecule has 0 atom stereocenters. The highest BCUT2D eigenvalue weighted by Gasteiger charge is 2.46. The van der Waals surface area contributed by atoms with Crippen LogP contribution in [0.25, 0.3) is 94.3 Å². The molecular weight excluding hydrogens is 1130 g/mol. The van der Waals surface area contributed by atoms with Gasteiger partial charge in [-0.15, -0.1) is 0 Å². The first-order valence-corrected chi connectivity index (χ1v) is 33.3. The highest BCUT2D eigenvalue weighted by molar-refractivity contribution is 7.00. The second kappa shape index (κ2) is 22.6.